The summed E-state index contributed by atoms with van der Waals surface area (Å²) in [7, 11) is 0. The van der Waals surface area contributed by atoms with Crippen molar-refractivity contribution in [3.8, 4) is 0 Å². The Hall–Kier alpha value is -2.54. The molecule has 0 saturated heterocycles. The van der Waals surface area contributed by atoms with Crippen LogP contribution < -0.4 is 5.32 Å². The number of thiazole rings is 1. The molecule has 0 bridgehead atoms. The van der Waals surface area contributed by atoms with Crippen LogP contribution in [0.15, 0.2) is 43.0 Å². The highest BCUT2D eigenvalue weighted by molar-refractivity contribution is 7.13. The zero-order valence-corrected chi connectivity index (χ0v) is 13.7. The molecule has 0 saturated carbocycles. The summed E-state index contributed by atoms with van der Waals surface area (Å²) < 4.78 is 1.71. The molecule has 3 aromatic rings. The van der Waals surface area contributed by atoms with E-state index in [-0.39, 0.29) is 11.9 Å². The van der Waals surface area contributed by atoms with Gasteiger partial charge in [-0.1, -0.05) is 30.3 Å². The first-order valence-electron chi connectivity index (χ1n) is 7.25. The second kappa shape index (κ2) is 6.70. The Kier molecular flexibility index (Phi) is 4.47. The SMILES string of the molecule is Cc1nc(C)c(C(=O)N[C@@H](Cn2cncn2)c2ccccc2)s1. The monoisotopic (exact) mass is 327 g/mol. The Morgan fingerprint density at radius 1 is 1.30 bits per heavy atom. The second-order valence-corrected chi connectivity index (χ2v) is 6.40. The smallest absolute Gasteiger partial charge is 0.263 e. The van der Waals surface area contributed by atoms with Crippen LogP contribution in [0.5, 0.6) is 0 Å². The Morgan fingerprint density at radius 2 is 2.09 bits per heavy atom. The van der Waals surface area contributed by atoms with Crippen LogP contribution in [-0.4, -0.2) is 25.7 Å². The van der Waals surface area contributed by atoms with E-state index in [1.807, 2.05) is 44.2 Å². The fraction of sp³-hybridized carbons (Fsp3) is 0.250. The van der Waals surface area contributed by atoms with Crippen LogP contribution in [0.1, 0.15) is 32.0 Å². The van der Waals surface area contributed by atoms with Gasteiger partial charge in [0.15, 0.2) is 0 Å². The lowest BCUT2D eigenvalue weighted by molar-refractivity contribution is 0.0935. The average molecular weight is 327 g/mol. The first-order chi connectivity index (χ1) is 11.1. The normalized spacial score (nSPS) is 12.1. The molecule has 6 nitrogen and oxygen atoms in total. The van der Waals surface area contributed by atoms with Crippen LogP contribution >= 0.6 is 11.3 Å². The molecule has 3 rings (SSSR count). The maximum Gasteiger partial charge on any atom is 0.263 e. The first kappa shape index (κ1) is 15.4. The molecule has 1 amide bonds. The lowest BCUT2D eigenvalue weighted by Crippen LogP contribution is -2.31. The molecule has 1 N–H and O–H groups in total. The summed E-state index contributed by atoms with van der Waals surface area (Å²) >= 11 is 1.41. The van der Waals surface area contributed by atoms with Crippen molar-refractivity contribution >= 4 is 17.2 Å². The van der Waals surface area contributed by atoms with E-state index in [1.54, 1.807) is 11.0 Å². The summed E-state index contributed by atoms with van der Waals surface area (Å²) in [6, 6.07) is 9.66. The summed E-state index contributed by atoms with van der Waals surface area (Å²) in [5, 5.41) is 8.10. The van der Waals surface area contributed by atoms with Gasteiger partial charge in [-0.3, -0.25) is 9.48 Å². The van der Waals surface area contributed by atoms with E-state index in [1.165, 1.54) is 17.7 Å². The molecule has 0 unspecified atom stereocenters. The summed E-state index contributed by atoms with van der Waals surface area (Å²) in [5.41, 5.74) is 1.79. The molecule has 0 radical (unpaired) electrons. The van der Waals surface area contributed by atoms with Gasteiger partial charge < -0.3 is 5.32 Å². The van der Waals surface area contributed by atoms with Gasteiger partial charge in [-0.2, -0.15) is 5.10 Å². The Morgan fingerprint density at radius 3 is 2.70 bits per heavy atom. The van der Waals surface area contributed by atoms with Crippen LogP contribution in [-0.2, 0) is 6.54 Å². The number of carbonyl (C=O) groups excluding carboxylic acids is 1. The van der Waals surface area contributed by atoms with E-state index in [2.05, 4.69) is 20.4 Å². The number of rotatable bonds is 5. The summed E-state index contributed by atoms with van der Waals surface area (Å²) in [4.78, 5) is 21.5. The van der Waals surface area contributed by atoms with E-state index in [4.69, 9.17) is 0 Å². The number of hydrogen-bond donors (Lipinski definition) is 1. The zero-order chi connectivity index (χ0) is 16.2. The molecule has 23 heavy (non-hydrogen) atoms. The predicted molar refractivity (Wildman–Crippen MR) is 88.3 cm³/mol. The summed E-state index contributed by atoms with van der Waals surface area (Å²) in [6.07, 6.45) is 3.13. The average Bonchev–Trinajstić information content (AvgIpc) is 3.17. The largest absolute Gasteiger partial charge is 0.343 e. The zero-order valence-electron chi connectivity index (χ0n) is 12.9. The highest BCUT2D eigenvalue weighted by Gasteiger charge is 2.20. The number of carbonyl (C=O) groups is 1. The number of nitrogens with zero attached hydrogens (tertiary/aromatic N) is 4. The molecule has 1 atom stereocenters. The molecule has 118 valence electrons. The highest BCUT2D eigenvalue weighted by atomic mass is 32.1. The van der Waals surface area contributed by atoms with Crippen LogP contribution in [0.4, 0.5) is 0 Å². The van der Waals surface area contributed by atoms with Gasteiger partial charge in [-0.25, -0.2) is 9.97 Å². The predicted octanol–water partition coefficient (Wildman–Crippen LogP) is 2.52. The van der Waals surface area contributed by atoms with Crippen molar-refractivity contribution in [3.63, 3.8) is 0 Å². The van der Waals surface area contributed by atoms with Crippen molar-refractivity contribution in [1.82, 2.24) is 25.1 Å². The Labute approximate surface area is 138 Å². The third-order valence-corrected chi connectivity index (χ3v) is 4.52. The van der Waals surface area contributed by atoms with Crippen molar-refractivity contribution in [2.45, 2.75) is 26.4 Å². The minimum Gasteiger partial charge on any atom is -0.343 e. The maximum absolute atomic E-state index is 12.6. The Balaban J connectivity index is 1.83. The van der Waals surface area contributed by atoms with Gasteiger partial charge in [0.1, 0.15) is 17.5 Å². The van der Waals surface area contributed by atoms with Crippen LogP contribution in [0, 0.1) is 13.8 Å². The fourth-order valence-electron chi connectivity index (χ4n) is 2.40. The quantitative estimate of drug-likeness (QED) is 0.781. The molecule has 2 heterocycles. The van der Waals surface area contributed by atoms with Crippen molar-refractivity contribution in [2.24, 2.45) is 0 Å². The number of aromatic nitrogens is 4. The van der Waals surface area contributed by atoms with Gasteiger partial charge in [0.25, 0.3) is 5.91 Å². The van der Waals surface area contributed by atoms with Crippen LogP contribution in [0.3, 0.4) is 0 Å². The number of hydrogen-bond acceptors (Lipinski definition) is 5. The lowest BCUT2D eigenvalue weighted by atomic mass is 10.1. The van der Waals surface area contributed by atoms with E-state index in [9.17, 15) is 4.79 Å². The molecule has 1 aromatic carbocycles. The molecule has 0 spiro atoms. The molecule has 0 fully saturated rings. The Bertz CT molecular complexity index is 782. The van der Waals surface area contributed by atoms with E-state index in [0.717, 1.165) is 16.3 Å². The summed E-state index contributed by atoms with van der Waals surface area (Å²) in [6.45, 7) is 4.28. The summed E-state index contributed by atoms with van der Waals surface area (Å²) in [5.74, 6) is -0.109. The van der Waals surface area contributed by atoms with Crippen LogP contribution in [0.25, 0.3) is 0 Å². The molecule has 0 aliphatic rings. The third-order valence-electron chi connectivity index (χ3n) is 3.45. The molecule has 0 aliphatic heterocycles. The maximum atomic E-state index is 12.6. The standard InChI is InChI=1S/C16H17N5OS/c1-11-15(23-12(2)19-11)16(22)20-14(8-21-10-17-9-18-21)13-6-4-3-5-7-13/h3-7,9-10,14H,8H2,1-2H3,(H,20,22)/t14-/m0/s1. The van der Waals surface area contributed by atoms with Gasteiger partial charge in [-0.05, 0) is 19.4 Å². The minimum atomic E-state index is -0.188. The highest BCUT2D eigenvalue weighted by Crippen LogP contribution is 2.20. The van der Waals surface area contributed by atoms with Gasteiger partial charge >= 0.3 is 0 Å². The number of amides is 1. The van der Waals surface area contributed by atoms with Gasteiger partial charge in [0.2, 0.25) is 0 Å². The van der Waals surface area contributed by atoms with Gasteiger partial charge in [-0.15, -0.1) is 11.3 Å². The van der Waals surface area contributed by atoms with Crippen LogP contribution in [0.2, 0.25) is 0 Å². The second-order valence-electron chi connectivity index (χ2n) is 5.20. The number of aryl methyl sites for hydroxylation is 2. The lowest BCUT2D eigenvalue weighted by Gasteiger charge is -2.19. The van der Waals surface area contributed by atoms with E-state index < -0.39 is 0 Å². The topological polar surface area (TPSA) is 72.7 Å². The minimum absolute atomic E-state index is 0.109. The van der Waals surface area contributed by atoms with Gasteiger partial charge in [0, 0.05) is 0 Å². The number of benzene rings is 1. The van der Waals surface area contributed by atoms with Crippen molar-refractivity contribution in [3.05, 3.63) is 64.1 Å². The molecular weight excluding hydrogens is 310 g/mol. The molecule has 7 heteroatoms. The van der Waals surface area contributed by atoms with E-state index >= 15 is 0 Å². The van der Waals surface area contributed by atoms with Gasteiger partial charge in [0.05, 0.1) is 23.3 Å². The molecule has 0 aliphatic carbocycles. The van der Waals surface area contributed by atoms with Crippen molar-refractivity contribution < 1.29 is 4.79 Å². The first-order valence-corrected chi connectivity index (χ1v) is 8.07. The fourth-order valence-corrected chi connectivity index (χ4v) is 3.22. The van der Waals surface area contributed by atoms with Crippen molar-refractivity contribution in [2.75, 3.05) is 0 Å². The van der Waals surface area contributed by atoms with E-state index in [0.29, 0.717) is 11.4 Å². The molecular formula is C16H17N5OS. The molecule has 2 aromatic heterocycles. The third kappa shape index (κ3) is 3.62. The number of nitrogens with one attached hydrogen (secondary N) is 1. The van der Waals surface area contributed by atoms with Crippen molar-refractivity contribution in [1.29, 1.82) is 0 Å².